The number of carboxylic acids is 1. The van der Waals surface area contributed by atoms with Crippen LogP contribution in [0.5, 0.6) is 5.75 Å². The number of hydrogen-bond donors (Lipinski definition) is 2. The van der Waals surface area contributed by atoms with Crippen molar-refractivity contribution in [2.24, 2.45) is 7.05 Å². The molecule has 0 spiro atoms. The van der Waals surface area contributed by atoms with E-state index in [1.807, 2.05) is 0 Å². The maximum Gasteiger partial charge on any atom is 0.305 e. The minimum Gasteiger partial charge on any atom is -0.497 e. The Hall–Kier alpha value is -2.83. The molecule has 1 aromatic heterocycles. The Kier molecular flexibility index (Phi) is 5.00. The molecular weight excluding hydrogens is 298 g/mol. The average molecular weight is 317 g/mol. The molecule has 1 aromatic carbocycles. The van der Waals surface area contributed by atoms with E-state index in [1.165, 1.54) is 4.68 Å². The molecule has 0 bridgehead atoms. The van der Waals surface area contributed by atoms with Crippen molar-refractivity contribution in [1.82, 2.24) is 15.1 Å². The largest absolute Gasteiger partial charge is 0.497 e. The van der Waals surface area contributed by atoms with Crippen molar-refractivity contribution in [3.8, 4) is 5.75 Å². The van der Waals surface area contributed by atoms with Crippen LogP contribution in [0.2, 0.25) is 0 Å². The molecule has 1 atom stereocenters. The number of methoxy groups -OCH3 is 1. The Morgan fingerprint density at radius 3 is 2.48 bits per heavy atom. The first-order chi connectivity index (χ1) is 10.9. The summed E-state index contributed by atoms with van der Waals surface area (Å²) in [4.78, 5) is 23.5. The number of benzene rings is 1. The maximum atomic E-state index is 12.4. The van der Waals surface area contributed by atoms with E-state index in [0.717, 1.165) is 5.69 Å². The molecule has 0 radical (unpaired) electrons. The van der Waals surface area contributed by atoms with Gasteiger partial charge in [-0.1, -0.05) is 12.1 Å². The molecule has 7 nitrogen and oxygen atoms in total. The van der Waals surface area contributed by atoms with Gasteiger partial charge in [-0.05, 0) is 30.7 Å². The van der Waals surface area contributed by atoms with Gasteiger partial charge in [0, 0.05) is 7.05 Å². The van der Waals surface area contributed by atoms with Crippen LogP contribution in [0.15, 0.2) is 30.3 Å². The van der Waals surface area contributed by atoms with Crippen LogP contribution < -0.4 is 10.1 Å². The second-order valence-corrected chi connectivity index (χ2v) is 5.19. The Balaban J connectivity index is 2.22. The van der Waals surface area contributed by atoms with Gasteiger partial charge in [0.15, 0.2) is 0 Å². The Labute approximate surface area is 133 Å². The van der Waals surface area contributed by atoms with Crippen molar-refractivity contribution in [3.05, 3.63) is 47.3 Å². The lowest BCUT2D eigenvalue weighted by molar-refractivity contribution is -0.137. The number of aryl methyl sites for hydroxylation is 2. The van der Waals surface area contributed by atoms with Crippen LogP contribution in [0.1, 0.15) is 34.2 Å². The van der Waals surface area contributed by atoms with Gasteiger partial charge in [0.2, 0.25) is 0 Å². The zero-order valence-corrected chi connectivity index (χ0v) is 13.2. The number of carbonyl (C=O) groups excluding carboxylic acids is 1. The maximum absolute atomic E-state index is 12.4. The molecule has 0 saturated carbocycles. The molecule has 2 aromatic rings. The van der Waals surface area contributed by atoms with Crippen molar-refractivity contribution in [2.45, 2.75) is 19.4 Å². The Morgan fingerprint density at radius 2 is 2.00 bits per heavy atom. The summed E-state index contributed by atoms with van der Waals surface area (Å²) in [6, 6.07) is 7.94. The number of aromatic nitrogens is 2. The average Bonchev–Trinajstić information content (AvgIpc) is 2.85. The Morgan fingerprint density at radius 1 is 1.35 bits per heavy atom. The van der Waals surface area contributed by atoms with Crippen LogP contribution >= 0.6 is 0 Å². The van der Waals surface area contributed by atoms with Crippen LogP contribution in [0.4, 0.5) is 0 Å². The summed E-state index contributed by atoms with van der Waals surface area (Å²) in [7, 11) is 3.22. The highest BCUT2D eigenvalue weighted by Gasteiger charge is 2.21. The predicted octanol–water partition coefficient (Wildman–Crippen LogP) is 1.68. The standard InChI is InChI=1S/C16H19N3O4/c1-10-8-14(19(2)18-10)16(22)17-13(9-15(20)21)11-4-6-12(23-3)7-5-11/h4-8,13H,9H2,1-3H3,(H,17,22)(H,20,21). The van der Waals surface area contributed by atoms with Crippen LogP contribution in [0.25, 0.3) is 0 Å². The summed E-state index contributed by atoms with van der Waals surface area (Å²) in [6.45, 7) is 1.79. The molecule has 1 heterocycles. The first-order valence-electron chi connectivity index (χ1n) is 7.08. The third kappa shape index (κ3) is 4.09. The van der Waals surface area contributed by atoms with E-state index in [-0.39, 0.29) is 12.3 Å². The molecule has 2 rings (SSSR count). The molecule has 1 unspecified atom stereocenters. The van der Waals surface area contributed by atoms with Gasteiger partial charge >= 0.3 is 5.97 Å². The highest BCUT2D eigenvalue weighted by molar-refractivity contribution is 5.93. The summed E-state index contributed by atoms with van der Waals surface area (Å²) in [5.41, 5.74) is 1.80. The normalized spacial score (nSPS) is 11.8. The number of aliphatic carboxylic acids is 1. The topological polar surface area (TPSA) is 93.4 Å². The summed E-state index contributed by atoms with van der Waals surface area (Å²) >= 11 is 0. The quantitative estimate of drug-likeness (QED) is 0.845. The highest BCUT2D eigenvalue weighted by Crippen LogP contribution is 2.21. The van der Waals surface area contributed by atoms with E-state index < -0.39 is 12.0 Å². The fourth-order valence-electron chi connectivity index (χ4n) is 2.32. The van der Waals surface area contributed by atoms with Crippen molar-refractivity contribution in [2.75, 3.05) is 7.11 Å². The van der Waals surface area contributed by atoms with Crippen LogP contribution in [-0.2, 0) is 11.8 Å². The predicted molar refractivity (Wildman–Crippen MR) is 83.4 cm³/mol. The Bertz CT molecular complexity index is 707. The minimum absolute atomic E-state index is 0.213. The van der Waals surface area contributed by atoms with E-state index in [4.69, 9.17) is 9.84 Å². The molecule has 0 aliphatic carbocycles. The summed E-state index contributed by atoms with van der Waals surface area (Å²) in [6.07, 6.45) is -0.213. The van der Waals surface area contributed by atoms with Crippen LogP contribution in [0.3, 0.4) is 0 Å². The van der Waals surface area contributed by atoms with Gasteiger partial charge in [0.05, 0.1) is 25.3 Å². The number of nitrogens with one attached hydrogen (secondary N) is 1. The smallest absolute Gasteiger partial charge is 0.305 e. The van der Waals surface area contributed by atoms with Gasteiger partial charge in [0.1, 0.15) is 11.4 Å². The first kappa shape index (κ1) is 16.5. The summed E-state index contributed by atoms with van der Waals surface area (Å²) < 4.78 is 6.55. The molecule has 2 N–H and O–H groups in total. The van der Waals surface area contributed by atoms with E-state index >= 15 is 0 Å². The minimum atomic E-state index is -0.993. The fraction of sp³-hybridized carbons (Fsp3) is 0.312. The molecule has 1 amide bonds. The number of nitrogens with zero attached hydrogens (tertiary/aromatic N) is 2. The van der Waals surface area contributed by atoms with Crippen molar-refractivity contribution < 1.29 is 19.4 Å². The number of rotatable bonds is 6. The lowest BCUT2D eigenvalue weighted by Crippen LogP contribution is -2.31. The van der Waals surface area contributed by atoms with Gasteiger partial charge in [-0.15, -0.1) is 0 Å². The number of ether oxygens (including phenoxy) is 1. The number of carboxylic acid groups (broad SMARTS) is 1. The van der Waals surface area contributed by atoms with Crippen LogP contribution in [0, 0.1) is 6.92 Å². The lowest BCUT2D eigenvalue weighted by atomic mass is 10.0. The fourth-order valence-corrected chi connectivity index (χ4v) is 2.32. The molecule has 0 fully saturated rings. The van der Waals surface area contributed by atoms with Gasteiger partial charge in [-0.25, -0.2) is 0 Å². The summed E-state index contributed by atoms with van der Waals surface area (Å²) in [5, 5.41) is 16.0. The third-order valence-corrected chi connectivity index (χ3v) is 3.44. The van der Waals surface area contributed by atoms with Crippen molar-refractivity contribution >= 4 is 11.9 Å². The van der Waals surface area contributed by atoms with E-state index in [0.29, 0.717) is 17.0 Å². The van der Waals surface area contributed by atoms with E-state index in [1.54, 1.807) is 51.4 Å². The van der Waals surface area contributed by atoms with Gasteiger partial charge in [0.25, 0.3) is 5.91 Å². The molecule has 7 heteroatoms. The molecule has 0 aliphatic rings. The van der Waals surface area contributed by atoms with Crippen molar-refractivity contribution in [3.63, 3.8) is 0 Å². The van der Waals surface area contributed by atoms with E-state index in [9.17, 15) is 9.59 Å². The number of amides is 1. The zero-order valence-electron chi connectivity index (χ0n) is 13.2. The van der Waals surface area contributed by atoms with Crippen LogP contribution in [-0.4, -0.2) is 33.9 Å². The highest BCUT2D eigenvalue weighted by atomic mass is 16.5. The summed E-state index contributed by atoms with van der Waals surface area (Å²) in [5.74, 6) is -0.695. The van der Waals surface area contributed by atoms with Gasteiger partial charge < -0.3 is 15.2 Å². The zero-order chi connectivity index (χ0) is 17.0. The SMILES string of the molecule is COc1ccc(C(CC(=O)O)NC(=O)c2cc(C)nn2C)cc1. The third-order valence-electron chi connectivity index (χ3n) is 3.44. The molecule has 0 aliphatic heterocycles. The second-order valence-electron chi connectivity index (χ2n) is 5.19. The molecule has 23 heavy (non-hydrogen) atoms. The second kappa shape index (κ2) is 6.95. The number of carbonyl (C=O) groups is 2. The van der Waals surface area contributed by atoms with Gasteiger partial charge in [-0.2, -0.15) is 5.10 Å². The van der Waals surface area contributed by atoms with E-state index in [2.05, 4.69) is 10.4 Å². The lowest BCUT2D eigenvalue weighted by Gasteiger charge is -2.17. The molecule has 122 valence electrons. The number of hydrogen-bond acceptors (Lipinski definition) is 4. The van der Waals surface area contributed by atoms with Crippen molar-refractivity contribution in [1.29, 1.82) is 0 Å². The first-order valence-corrected chi connectivity index (χ1v) is 7.08. The monoisotopic (exact) mass is 317 g/mol. The molecule has 0 saturated heterocycles. The molecular formula is C16H19N3O4. The van der Waals surface area contributed by atoms with Gasteiger partial charge in [-0.3, -0.25) is 14.3 Å².